The van der Waals surface area contributed by atoms with E-state index in [0.717, 1.165) is 29.7 Å². The zero-order chi connectivity index (χ0) is 23.7. The van der Waals surface area contributed by atoms with Crippen LogP contribution in [0.4, 0.5) is 5.95 Å². The maximum absolute atomic E-state index is 13.2. The van der Waals surface area contributed by atoms with E-state index in [1.165, 1.54) is 11.1 Å². The van der Waals surface area contributed by atoms with Crippen molar-refractivity contribution in [3.05, 3.63) is 82.4 Å². The van der Waals surface area contributed by atoms with E-state index in [0.29, 0.717) is 37.1 Å². The highest BCUT2D eigenvalue weighted by Crippen LogP contribution is 2.25. The van der Waals surface area contributed by atoms with Crippen LogP contribution in [0.1, 0.15) is 38.3 Å². The lowest BCUT2D eigenvalue weighted by Crippen LogP contribution is -2.36. The second kappa shape index (κ2) is 9.03. The van der Waals surface area contributed by atoms with Crippen LogP contribution in [0.25, 0.3) is 0 Å². The Kier molecular flexibility index (Phi) is 5.92. The van der Waals surface area contributed by atoms with E-state index in [-0.39, 0.29) is 5.91 Å². The Morgan fingerprint density at radius 3 is 2.59 bits per heavy atom. The number of rotatable bonds is 3. The van der Waals surface area contributed by atoms with Gasteiger partial charge in [-0.25, -0.2) is 9.97 Å². The molecular formula is C27H29N5OSi. The standard InChI is InChI=1S/C27H29N5OSi/c1-34(2,3)11-9-19-12-22(16-28-15-19)26(33)32-10-8-25-23(18-32)17-29-27(31-25)30-24-13-20-6-4-5-7-21(20)14-24/h4-7,12,15-17,24H,8,10,13-14,18H2,1-3H3,(H,29,30,31). The highest BCUT2D eigenvalue weighted by atomic mass is 28.3. The van der Waals surface area contributed by atoms with Gasteiger partial charge >= 0.3 is 0 Å². The molecule has 1 aromatic carbocycles. The maximum atomic E-state index is 13.2. The molecule has 2 aliphatic rings. The molecule has 0 unspecified atom stereocenters. The Morgan fingerprint density at radius 1 is 1.09 bits per heavy atom. The average molecular weight is 468 g/mol. The topological polar surface area (TPSA) is 71.0 Å². The number of hydrogen-bond donors (Lipinski definition) is 1. The van der Waals surface area contributed by atoms with Crippen molar-refractivity contribution in [3.63, 3.8) is 0 Å². The smallest absolute Gasteiger partial charge is 0.255 e. The van der Waals surface area contributed by atoms with Gasteiger partial charge in [-0.15, -0.1) is 5.54 Å². The van der Waals surface area contributed by atoms with Gasteiger partial charge in [0, 0.05) is 55.3 Å². The quantitative estimate of drug-likeness (QED) is 0.468. The van der Waals surface area contributed by atoms with Crippen LogP contribution in [0, 0.1) is 11.5 Å². The van der Waals surface area contributed by atoms with Crippen molar-refractivity contribution in [1.29, 1.82) is 0 Å². The molecular weight excluding hydrogens is 438 g/mol. The number of carbonyl (C=O) groups excluding carboxylic acids is 1. The number of amides is 1. The molecule has 34 heavy (non-hydrogen) atoms. The zero-order valence-electron chi connectivity index (χ0n) is 19.9. The third-order valence-electron chi connectivity index (χ3n) is 6.17. The van der Waals surface area contributed by atoms with E-state index >= 15 is 0 Å². The van der Waals surface area contributed by atoms with E-state index in [9.17, 15) is 4.79 Å². The summed E-state index contributed by atoms with van der Waals surface area (Å²) in [4.78, 5) is 28.6. The normalized spacial score (nSPS) is 15.2. The summed E-state index contributed by atoms with van der Waals surface area (Å²) in [6.07, 6.45) is 7.91. The highest BCUT2D eigenvalue weighted by molar-refractivity contribution is 6.83. The van der Waals surface area contributed by atoms with Gasteiger partial charge in [-0.3, -0.25) is 9.78 Å². The molecule has 0 spiro atoms. The number of nitrogens with zero attached hydrogens (tertiary/aromatic N) is 4. The van der Waals surface area contributed by atoms with Crippen molar-refractivity contribution >= 4 is 19.9 Å². The Hall–Kier alpha value is -3.50. The molecule has 0 bridgehead atoms. The molecule has 1 amide bonds. The molecule has 0 atom stereocenters. The molecule has 1 N–H and O–H groups in total. The van der Waals surface area contributed by atoms with Gasteiger partial charge in [-0.2, -0.15) is 0 Å². The number of nitrogens with one attached hydrogen (secondary N) is 1. The maximum Gasteiger partial charge on any atom is 0.255 e. The van der Waals surface area contributed by atoms with Crippen LogP contribution in [0.15, 0.2) is 48.9 Å². The van der Waals surface area contributed by atoms with Gasteiger partial charge < -0.3 is 10.2 Å². The van der Waals surface area contributed by atoms with E-state index < -0.39 is 8.07 Å². The molecule has 0 fully saturated rings. The molecule has 1 aliphatic carbocycles. The van der Waals surface area contributed by atoms with Crippen LogP contribution in [0.5, 0.6) is 0 Å². The molecule has 3 heterocycles. The number of aromatic nitrogens is 3. The van der Waals surface area contributed by atoms with Crippen LogP contribution >= 0.6 is 0 Å². The lowest BCUT2D eigenvalue weighted by atomic mass is 10.1. The molecule has 0 saturated heterocycles. The molecule has 6 nitrogen and oxygen atoms in total. The first-order chi connectivity index (χ1) is 16.3. The third-order valence-corrected chi connectivity index (χ3v) is 7.05. The minimum Gasteiger partial charge on any atom is -0.351 e. The number of benzene rings is 1. The first-order valence-corrected chi connectivity index (χ1v) is 15.3. The van der Waals surface area contributed by atoms with Crippen molar-refractivity contribution in [2.75, 3.05) is 11.9 Å². The monoisotopic (exact) mass is 467 g/mol. The lowest BCUT2D eigenvalue weighted by Gasteiger charge is -2.28. The van der Waals surface area contributed by atoms with Crippen LogP contribution in [-0.2, 0) is 25.8 Å². The van der Waals surface area contributed by atoms with Gasteiger partial charge in [0.05, 0.1) is 11.3 Å². The van der Waals surface area contributed by atoms with E-state index in [1.54, 1.807) is 12.4 Å². The number of pyridine rings is 1. The molecule has 0 saturated carbocycles. The molecule has 7 heteroatoms. The second-order valence-corrected chi connectivity index (χ2v) is 14.9. The highest BCUT2D eigenvalue weighted by Gasteiger charge is 2.25. The summed E-state index contributed by atoms with van der Waals surface area (Å²) in [5.41, 5.74) is 9.52. The largest absolute Gasteiger partial charge is 0.351 e. The van der Waals surface area contributed by atoms with E-state index in [4.69, 9.17) is 4.98 Å². The van der Waals surface area contributed by atoms with Gasteiger partial charge in [0.25, 0.3) is 5.91 Å². The van der Waals surface area contributed by atoms with Crippen molar-refractivity contribution in [1.82, 2.24) is 19.9 Å². The number of hydrogen-bond acceptors (Lipinski definition) is 5. The number of carbonyl (C=O) groups is 1. The summed E-state index contributed by atoms with van der Waals surface area (Å²) in [6, 6.07) is 10.7. The number of fused-ring (bicyclic) bond motifs is 2. The van der Waals surface area contributed by atoms with Gasteiger partial charge in [-0.05, 0) is 30.0 Å². The van der Waals surface area contributed by atoms with Crippen molar-refractivity contribution in [2.24, 2.45) is 0 Å². The third kappa shape index (κ3) is 5.02. The first-order valence-electron chi connectivity index (χ1n) is 11.8. The van der Waals surface area contributed by atoms with Crippen molar-refractivity contribution in [3.8, 4) is 11.5 Å². The Bertz CT molecular complexity index is 1280. The summed E-state index contributed by atoms with van der Waals surface area (Å²) in [5, 5.41) is 3.51. The fourth-order valence-corrected chi connectivity index (χ4v) is 4.99. The molecule has 1 aliphatic heterocycles. The summed E-state index contributed by atoms with van der Waals surface area (Å²) in [5.74, 6) is 3.84. The fourth-order valence-electron chi connectivity index (χ4n) is 4.47. The first kappa shape index (κ1) is 22.3. The Labute approximate surface area is 201 Å². The van der Waals surface area contributed by atoms with Gasteiger partial charge in [0.2, 0.25) is 5.95 Å². The van der Waals surface area contributed by atoms with Crippen LogP contribution < -0.4 is 5.32 Å². The summed E-state index contributed by atoms with van der Waals surface area (Å²) in [6.45, 7) is 7.73. The van der Waals surface area contributed by atoms with Crippen LogP contribution in [0.2, 0.25) is 19.6 Å². The fraction of sp³-hybridized carbons (Fsp3) is 0.333. The van der Waals surface area contributed by atoms with Gasteiger partial charge in [0.1, 0.15) is 8.07 Å². The number of anilines is 1. The minimum atomic E-state index is -1.49. The predicted octanol–water partition coefficient (Wildman–Crippen LogP) is 3.88. The molecule has 2 aromatic heterocycles. The lowest BCUT2D eigenvalue weighted by molar-refractivity contribution is 0.0733. The summed E-state index contributed by atoms with van der Waals surface area (Å²) < 4.78 is 0. The van der Waals surface area contributed by atoms with Crippen molar-refractivity contribution < 1.29 is 4.79 Å². The van der Waals surface area contributed by atoms with Crippen molar-refractivity contribution in [2.45, 2.75) is 51.5 Å². The molecule has 0 radical (unpaired) electrons. The van der Waals surface area contributed by atoms with Crippen LogP contribution in [-0.4, -0.2) is 46.4 Å². The van der Waals surface area contributed by atoms with Gasteiger partial charge in [0.15, 0.2) is 0 Å². The van der Waals surface area contributed by atoms with E-state index in [2.05, 4.69) is 70.7 Å². The summed E-state index contributed by atoms with van der Waals surface area (Å²) >= 11 is 0. The van der Waals surface area contributed by atoms with E-state index in [1.807, 2.05) is 17.2 Å². The Balaban J connectivity index is 1.25. The minimum absolute atomic E-state index is 0.0271. The predicted molar refractivity (Wildman–Crippen MR) is 136 cm³/mol. The molecule has 5 rings (SSSR count). The van der Waals surface area contributed by atoms with Crippen LogP contribution in [0.3, 0.4) is 0 Å². The SMILES string of the molecule is C[Si](C)(C)C#Cc1cncc(C(=O)N2CCc3nc(NC4Cc5ccccc5C4)ncc3C2)c1. The molecule has 172 valence electrons. The average Bonchev–Trinajstić information content (AvgIpc) is 3.24. The summed E-state index contributed by atoms with van der Waals surface area (Å²) in [7, 11) is -1.49. The molecule has 3 aromatic rings. The second-order valence-electron chi connectivity index (χ2n) is 10.1. The zero-order valence-corrected chi connectivity index (χ0v) is 20.9. The van der Waals surface area contributed by atoms with Gasteiger partial charge in [-0.1, -0.05) is 49.8 Å². The Morgan fingerprint density at radius 2 is 1.85 bits per heavy atom.